The number of amides is 2. The van der Waals surface area contributed by atoms with Crippen LogP contribution in [0.5, 0.6) is 5.88 Å². The van der Waals surface area contributed by atoms with Gasteiger partial charge in [0.15, 0.2) is 0 Å². The van der Waals surface area contributed by atoms with Crippen molar-refractivity contribution in [1.29, 1.82) is 0 Å². The largest absolute Gasteiger partial charge is 0.481 e. The molecule has 48 heavy (non-hydrogen) atoms. The van der Waals surface area contributed by atoms with Crippen molar-refractivity contribution in [3.05, 3.63) is 88.3 Å². The maximum absolute atomic E-state index is 13.2. The van der Waals surface area contributed by atoms with Crippen molar-refractivity contribution in [2.75, 3.05) is 39.2 Å². The highest BCUT2D eigenvalue weighted by Crippen LogP contribution is 2.38. The van der Waals surface area contributed by atoms with Gasteiger partial charge < -0.3 is 25.4 Å². The van der Waals surface area contributed by atoms with E-state index in [-0.39, 0.29) is 24.0 Å². The normalized spacial score (nSPS) is 17.8. The van der Waals surface area contributed by atoms with E-state index in [1.165, 1.54) is 0 Å². The summed E-state index contributed by atoms with van der Waals surface area (Å²) in [5.74, 6) is 0.288. The summed E-state index contributed by atoms with van der Waals surface area (Å²) in [5, 5.41) is 9.80. The number of rotatable bonds is 12. The van der Waals surface area contributed by atoms with Crippen LogP contribution in [0.2, 0.25) is 5.02 Å². The van der Waals surface area contributed by atoms with E-state index in [9.17, 15) is 9.59 Å². The summed E-state index contributed by atoms with van der Waals surface area (Å²) < 4.78 is 11.1. The first-order valence-electron chi connectivity index (χ1n) is 16.1. The number of nitrogens with one attached hydrogen (secondary N) is 3. The number of aromatic nitrogens is 3. The molecule has 2 amide bonds. The van der Waals surface area contributed by atoms with Gasteiger partial charge in [-0.05, 0) is 55.2 Å². The van der Waals surface area contributed by atoms with Crippen LogP contribution in [-0.4, -0.2) is 77.7 Å². The van der Waals surface area contributed by atoms with Crippen LogP contribution in [0.4, 0.5) is 5.69 Å². The van der Waals surface area contributed by atoms with Crippen molar-refractivity contribution in [3.8, 4) is 28.4 Å². The zero-order valence-corrected chi connectivity index (χ0v) is 28.1. The topological polar surface area (TPSA) is 131 Å². The van der Waals surface area contributed by atoms with Crippen LogP contribution in [0.1, 0.15) is 46.4 Å². The molecule has 2 saturated heterocycles. The second kappa shape index (κ2) is 15.2. The Hall–Kier alpha value is -4.42. The number of ether oxygens (including phenoxy) is 2. The van der Waals surface area contributed by atoms with E-state index in [0.29, 0.717) is 58.7 Å². The molecule has 0 radical (unpaired) electrons. The molecule has 250 valence electrons. The number of hydrogen-bond donors (Lipinski definition) is 3. The van der Waals surface area contributed by atoms with Gasteiger partial charge in [0.25, 0.3) is 5.91 Å². The number of halogens is 1. The van der Waals surface area contributed by atoms with Gasteiger partial charge in [0.2, 0.25) is 11.8 Å². The molecule has 0 saturated carbocycles. The van der Waals surface area contributed by atoms with E-state index >= 15 is 0 Å². The Morgan fingerprint density at radius 3 is 2.69 bits per heavy atom. The highest BCUT2D eigenvalue weighted by molar-refractivity contribution is 6.35. The minimum Gasteiger partial charge on any atom is -0.481 e. The molecule has 2 atom stereocenters. The molecule has 2 aliphatic heterocycles. The number of hydrogen-bond acceptors (Lipinski definition) is 9. The predicted molar refractivity (Wildman–Crippen MR) is 185 cm³/mol. The molecular weight excluding hydrogens is 630 g/mol. The molecule has 2 aliphatic rings. The van der Waals surface area contributed by atoms with Crippen LogP contribution in [0.3, 0.4) is 0 Å². The molecule has 6 rings (SSSR count). The Balaban J connectivity index is 1.15. The van der Waals surface area contributed by atoms with Crippen LogP contribution >= 0.6 is 11.6 Å². The van der Waals surface area contributed by atoms with E-state index < -0.39 is 0 Å². The average Bonchev–Trinajstić information content (AvgIpc) is 3.74. The Kier molecular flexibility index (Phi) is 10.6. The van der Waals surface area contributed by atoms with Gasteiger partial charge >= 0.3 is 0 Å². The van der Waals surface area contributed by atoms with E-state index in [2.05, 4.69) is 30.8 Å². The predicted octanol–water partition coefficient (Wildman–Crippen LogP) is 5.02. The SMILES string of the molecule is COc1nc(-c2ccnc(-c3cccc(NC(=O)c4ccc(CN5CC[C@H](OC)C5)cn4)c3C)c2Cl)ccc1CNC[C@H]1CCC(=O)N1. The highest BCUT2D eigenvalue weighted by Gasteiger charge is 2.23. The lowest BCUT2D eigenvalue weighted by molar-refractivity contribution is -0.119. The summed E-state index contributed by atoms with van der Waals surface area (Å²) in [7, 11) is 3.34. The second-order valence-corrected chi connectivity index (χ2v) is 12.6. The lowest BCUT2D eigenvalue weighted by Crippen LogP contribution is -2.35. The zero-order chi connectivity index (χ0) is 33.6. The summed E-state index contributed by atoms with van der Waals surface area (Å²) >= 11 is 7.00. The summed E-state index contributed by atoms with van der Waals surface area (Å²) in [5.41, 5.74) is 6.46. The number of nitrogens with zero attached hydrogens (tertiary/aromatic N) is 4. The third kappa shape index (κ3) is 7.65. The summed E-state index contributed by atoms with van der Waals surface area (Å²) in [6.45, 7) is 5.80. The fraction of sp³-hybridized carbons (Fsp3) is 0.361. The Labute approximate surface area is 285 Å². The van der Waals surface area contributed by atoms with Crippen molar-refractivity contribution in [3.63, 3.8) is 0 Å². The van der Waals surface area contributed by atoms with E-state index in [1.54, 1.807) is 32.7 Å². The van der Waals surface area contributed by atoms with Crippen molar-refractivity contribution in [1.82, 2.24) is 30.5 Å². The molecule has 4 aromatic rings. The summed E-state index contributed by atoms with van der Waals surface area (Å²) in [6, 6.07) is 15.2. The van der Waals surface area contributed by atoms with Crippen LogP contribution in [0.25, 0.3) is 22.5 Å². The molecule has 5 heterocycles. The van der Waals surface area contributed by atoms with Crippen LogP contribution < -0.4 is 20.7 Å². The lowest BCUT2D eigenvalue weighted by atomic mass is 10.0. The Morgan fingerprint density at radius 2 is 1.96 bits per heavy atom. The van der Waals surface area contributed by atoms with Gasteiger partial charge in [-0.2, -0.15) is 0 Å². The van der Waals surface area contributed by atoms with Crippen molar-refractivity contribution in [2.45, 2.75) is 51.4 Å². The highest BCUT2D eigenvalue weighted by atomic mass is 35.5. The number of anilines is 1. The third-order valence-corrected chi connectivity index (χ3v) is 9.33. The molecule has 0 bridgehead atoms. The van der Waals surface area contributed by atoms with Crippen molar-refractivity contribution in [2.24, 2.45) is 0 Å². The standard InChI is InChI=1S/C36H40ClN7O4/c1-22-27(5-4-6-29(22)42-35(46)31-10-7-23(17-40-31)20-44-16-14-26(21-44)47-2)34-33(37)28(13-15-39-34)30-11-8-24(36(43-30)48-3)18-38-19-25-9-12-32(45)41-25/h4-8,10-11,13,15,17,25-26,38H,9,12,14,16,18-21H2,1-3H3,(H,41,45)(H,42,46)/t25-,26+/m1/s1. The molecular formula is C36H40ClN7O4. The van der Waals surface area contributed by atoms with Crippen molar-refractivity contribution < 1.29 is 19.1 Å². The zero-order valence-electron chi connectivity index (χ0n) is 27.4. The summed E-state index contributed by atoms with van der Waals surface area (Å²) in [4.78, 5) is 40.8. The number of benzene rings is 1. The van der Waals surface area contributed by atoms with E-state index in [0.717, 1.165) is 54.7 Å². The fourth-order valence-electron chi connectivity index (χ4n) is 6.23. The van der Waals surface area contributed by atoms with Gasteiger partial charge in [0.05, 0.1) is 29.6 Å². The number of pyridine rings is 3. The smallest absolute Gasteiger partial charge is 0.274 e. The minimum absolute atomic E-state index is 0.0961. The molecule has 1 aromatic carbocycles. The first kappa shape index (κ1) is 33.5. The molecule has 0 spiro atoms. The maximum atomic E-state index is 13.2. The third-order valence-electron chi connectivity index (χ3n) is 8.95. The fourth-order valence-corrected chi connectivity index (χ4v) is 6.54. The van der Waals surface area contributed by atoms with Crippen LogP contribution in [0.15, 0.2) is 60.9 Å². The average molecular weight is 670 g/mol. The number of carbonyl (C=O) groups excluding carboxylic acids is 2. The van der Waals surface area contributed by atoms with Gasteiger partial charge in [-0.15, -0.1) is 0 Å². The van der Waals surface area contributed by atoms with Gasteiger partial charge in [0, 0.05) is 87.1 Å². The minimum atomic E-state index is -0.297. The van der Waals surface area contributed by atoms with E-state index in [4.69, 9.17) is 26.1 Å². The first-order chi connectivity index (χ1) is 23.3. The van der Waals surface area contributed by atoms with Gasteiger partial charge in [-0.25, -0.2) is 4.98 Å². The molecule has 0 aliphatic carbocycles. The van der Waals surface area contributed by atoms with Crippen LogP contribution in [-0.2, 0) is 22.6 Å². The quantitative estimate of drug-likeness (QED) is 0.190. The molecule has 3 aromatic heterocycles. The van der Waals surface area contributed by atoms with Gasteiger partial charge in [-0.3, -0.25) is 24.5 Å². The van der Waals surface area contributed by atoms with Gasteiger partial charge in [0.1, 0.15) is 5.69 Å². The molecule has 2 fully saturated rings. The Morgan fingerprint density at radius 1 is 1.08 bits per heavy atom. The molecule has 11 nitrogen and oxygen atoms in total. The number of carbonyl (C=O) groups is 2. The first-order valence-corrected chi connectivity index (χ1v) is 16.5. The lowest BCUT2D eigenvalue weighted by Gasteiger charge is -2.16. The van der Waals surface area contributed by atoms with Crippen molar-refractivity contribution >= 4 is 29.1 Å². The monoisotopic (exact) mass is 669 g/mol. The second-order valence-electron chi connectivity index (χ2n) is 12.2. The van der Waals surface area contributed by atoms with E-state index in [1.807, 2.05) is 49.4 Å². The van der Waals surface area contributed by atoms with Crippen LogP contribution in [0, 0.1) is 6.92 Å². The Bertz CT molecular complexity index is 1790. The molecule has 3 N–H and O–H groups in total. The molecule has 12 heteroatoms. The summed E-state index contributed by atoms with van der Waals surface area (Å²) in [6.07, 6.45) is 6.16. The number of likely N-dealkylation sites (tertiary alicyclic amines) is 1. The number of methoxy groups -OCH3 is 2. The molecule has 0 unspecified atom stereocenters. The maximum Gasteiger partial charge on any atom is 0.274 e. The van der Waals surface area contributed by atoms with Gasteiger partial charge in [-0.1, -0.05) is 35.9 Å².